The standard InChI is InChI=1S/C30H33FN4O2/c1-21-8-13-25(22(2)18-21)29-19-27(23-9-11-24(37-3)12-10-23)32-35(29)30(36)20-33-14-16-34(17-15-33)28-7-5-4-6-26(28)31/h4-13,18,29H,14-17,19-20H2,1-3H3. The number of para-hydroxylation sites is 1. The molecular formula is C30H33FN4O2. The first-order valence-corrected chi connectivity index (χ1v) is 12.8. The Labute approximate surface area is 217 Å². The van der Waals surface area contributed by atoms with Gasteiger partial charge in [-0.2, -0.15) is 5.10 Å². The second kappa shape index (κ2) is 10.7. The van der Waals surface area contributed by atoms with E-state index in [0.717, 1.165) is 28.2 Å². The van der Waals surface area contributed by atoms with Gasteiger partial charge in [-0.05, 0) is 66.9 Å². The fourth-order valence-corrected chi connectivity index (χ4v) is 5.26. The van der Waals surface area contributed by atoms with Crippen LogP contribution in [0.1, 0.15) is 34.7 Å². The maximum atomic E-state index is 14.2. The van der Waals surface area contributed by atoms with E-state index in [0.29, 0.717) is 38.3 Å². The van der Waals surface area contributed by atoms with Gasteiger partial charge in [0.05, 0.1) is 31.1 Å². The number of halogens is 1. The van der Waals surface area contributed by atoms with Crippen LogP contribution in [0.25, 0.3) is 0 Å². The number of benzene rings is 3. The van der Waals surface area contributed by atoms with Crippen LogP contribution in [-0.2, 0) is 4.79 Å². The Balaban J connectivity index is 1.33. The molecule has 3 aromatic rings. The molecule has 1 unspecified atom stereocenters. The van der Waals surface area contributed by atoms with Gasteiger partial charge in [0.25, 0.3) is 5.91 Å². The van der Waals surface area contributed by atoms with E-state index >= 15 is 0 Å². The Morgan fingerprint density at radius 1 is 1.00 bits per heavy atom. The Bertz CT molecular complexity index is 1300. The van der Waals surface area contributed by atoms with E-state index in [1.807, 2.05) is 41.3 Å². The average Bonchev–Trinajstić information content (AvgIpc) is 3.35. The minimum Gasteiger partial charge on any atom is -0.497 e. The summed E-state index contributed by atoms with van der Waals surface area (Å²) in [4.78, 5) is 17.8. The molecule has 0 aliphatic carbocycles. The van der Waals surface area contributed by atoms with Gasteiger partial charge in [0.1, 0.15) is 11.6 Å². The van der Waals surface area contributed by atoms with Crippen LogP contribution in [0.15, 0.2) is 71.8 Å². The number of hydrazone groups is 1. The smallest absolute Gasteiger partial charge is 0.257 e. The number of amides is 1. The second-order valence-corrected chi connectivity index (χ2v) is 9.81. The van der Waals surface area contributed by atoms with Gasteiger partial charge in [-0.15, -0.1) is 0 Å². The summed E-state index contributed by atoms with van der Waals surface area (Å²) in [6, 6.07) is 20.9. The van der Waals surface area contributed by atoms with Crippen molar-refractivity contribution in [1.82, 2.24) is 9.91 Å². The van der Waals surface area contributed by atoms with E-state index in [2.05, 4.69) is 36.9 Å². The first-order valence-electron chi connectivity index (χ1n) is 12.8. The lowest BCUT2D eigenvalue weighted by Crippen LogP contribution is -2.49. The van der Waals surface area contributed by atoms with Crippen molar-refractivity contribution < 1.29 is 13.9 Å². The number of carbonyl (C=O) groups excluding carboxylic acids is 1. The van der Waals surface area contributed by atoms with Crippen LogP contribution in [0.4, 0.5) is 10.1 Å². The first-order chi connectivity index (χ1) is 17.9. The molecule has 2 aliphatic heterocycles. The predicted molar refractivity (Wildman–Crippen MR) is 145 cm³/mol. The molecule has 1 amide bonds. The van der Waals surface area contributed by atoms with Crippen molar-refractivity contribution in [1.29, 1.82) is 0 Å². The number of anilines is 1. The van der Waals surface area contributed by atoms with Gasteiger partial charge in [-0.1, -0.05) is 35.9 Å². The summed E-state index contributed by atoms with van der Waals surface area (Å²) in [5.41, 5.74) is 5.98. The van der Waals surface area contributed by atoms with Gasteiger partial charge < -0.3 is 9.64 Å². The second-order valence-electron chi connectivity index (χ2n) is 9.81. The van der Waals surface area contributed by atoms with E-state index in [9.17, 15) is 9.18 Å². The molecule has 0 spiro atoms. The SMILES string of the molecule is COc1ccc(C2=NN(C(=O)CN3CCN(c4ccccc4F)CC3)C(c3ccc(C)cc3C)C2)cc1. The third-order valence-corrected chi connectivity index (χ3v) is 7.30. The van der Waals surface area contributed by atoms with Gasteiger partial charge in [0.2, 0.25) is 0 Å². The fraction of sp³-hybridized carbons (Fsp3) is 0.333. The maximum absolute atomic E-state index is 14.2. The highest BCUT2D eigenvalue weighted by atomic mass is 19.1. The van der Waals surface area contributed by atoms with Crippen LogP contribution in [0.5, 0.6) is 5.75 Å². The first kappa shape index (κ1) is 25.0. The Morgan fingerprint density at radius 3 is 2.41 bits per heavy atom. The lowest BCUT2D eigenvalue weighted by Gasteiger charge is -2.36. The lowest BCUT2D eigenvalue weighted by molar-refractivity contribution is -0.134. The van der Waals surface area contributed by atoms with Crippen molar-refractivity contribution >= 4 is 17.3 Å². The normalized spacial score (nSPS) is 18.2. The number of hydrogen-bond donors (Lipinski definition) is 0. The third-order valence-electron chi connectivity index (χ3n) is 7.30. The number of aryl methyl sites for hydroxylation is 2. The fourth-order valence-electron chi connectivity index (χ4n) is 5.26. The quantitative estimate of drug-likeness (QED) is 0.481. The summed E-state index contributed by atoms with van der Waals surface area (Å²) in [5, 5.41) is 6.53. The molecule has 2 heterocycles. The molecule has 6 nitrogen and oxygen atoms in total. The summed E-state index contributed by atoms with van der Waals surface area (Å²) in [6.45, 7) is 7.19. The molecule has 1 saturated heterocycles. The zero-order valence-electron chi connectivity index (χ0n) is 21.7. The van der Waals surface area contributed by atoms with Gasteiger partial charge in [0.15, 0.2) is 0 Å². The van der Waals surface area contributed by atoms with E-state index in [1.165, 1.54) is 11.6 Å². The van der Waals surface area contributed by atoms with Crippen LogP contribution in [0.3, 0.4) is 0 Å². The molecule has 2 aliphatic rings. The molecule has 0 N–H and O–H groups in total. The zero-order chi connectivity index (χ0) is 25.9. The van der Waals surface area contributed by atoms with Crippen molar-refractivity contribution in [2.45, 2.75) is 26.3 Å². The number of nitrogens with zero attached hydrogens (tertiary/aromatic N) is 4. The molecule has 1 fully saturated rings. The highest BCUT2D eigenvalue weighted by Gasteiger charge is 2.35. The Kier molecular flexibility index (Phi) is 7.24. The highest BCUT2D eigenvalue weighted by molar-refractivity contribution is 6.03. The molecule has 1 atom stereocenters. The summed E-state index contributed by atoms with van der Waals surface area (Å²) < 4.78 is 19.5. The predicted octanol–water partition coefficient (Wildman–Crippen LogP) is 4.95. The van der Waals surface area contributed by atoms with Crippen LogP contribution in [0.2, 0.25) is 0 Å². The van der Waals surface area contributed by atoms with E-state index < -0.39 is 0 Å². The van der Waals surface area contributed by atoms with Crippen LogP contribution >= 0.6 is 0 Å². The summed E-state index contributed by atoms with van der Waals surface area (Å²) in [5.74, 6) is 0.560. The average molecular weight is 501 g/mol. The number of piperazine rings is 1. The van der Waals surface area contributed by atoms with Crippen molar-refractivity contribution in [2.75, 3.05) is 44.7 Å². The summed E-state index contributed by atoms with van der Waals surface area (Å²) in [6.07, 6.45) is 0.656. The van der Waals surface area contributed by atoms with Crippen molar-refractivity contribution in [3.63, 3.8) is 0 Å². The minimum absolute atomic E-state index is 0.0205. The number of ether oxygens (including phenoxy) is 1. The van der Waals surface area contributed by atoms with Crippen molar-refractivity contribution in [3.05, 3.63) is 94.8 Å². The zero-order valence-corrected chi connectivity index (χ0v) is 21.7. The molecular weight excluding hydrogens is 467 g/mol. The molecule has 0 aromatic heterocycles. The van der Waals surface area contributed by atoms with Crippen LogP contribution in [0, 0.1) is 19.7 Å². The molecule has 192 valence electrons. The number of carbonyl (C=O) groups is 1. The van der Waals surface area contributed by atoms with Gasteiger partial charge in [0, 0.05) is 32.6 Å². The van der Waals surface area contributed by atoms with Crippen LogP contribution < -0.4 is 9.64 Å². The third kappa shape index (κ3) is 5.37. The van der Waals surface area contributed by atoms with Crippen molar-refractivity contribution in [3.8, 4) is 5.75 Å². The minimum atomic E-state index is -0.208. The largest absolute Gasteiger partial charge is 0.497 e. The Hall–Kier alpha value is -3.71. The number of hydrogen-bond acceptors (Lipinski definition) is 5. The summed E-state index contributed by atoms with van der Waals surface area (Å²) >= 11 is 0. The monoisotopic (exact) mass is 500 g/mol. The van der Waals surface area contributed by atoms with E-state index in [-0.39, 0.29) is 24.3 Å². The molecule has 0 bridgehead atoms. The molecule has 0 saturated carbocycles. The van der Waals surface area contributed by atoms with Gasteiger partial charge >= 0.3 is 0 Å². The van der Waals surface area contributed by atoms with Gasteiger partial charge in [-0.3, -0.25) is 9.69 Å². The molecule has 5 rings (SSSR count). The van der Waals surface area contributed by atoms with E-state index in [1.54, 1.807) is 18.2 Å². The molecule has 7 heteroatoms. The molecule has 37 heavy (non-hydrogen) atoms. The molecule has 0 radical (unpaired) electrons. The van der Waals surface area contributed by atoms with Crippen molar-refractivity contribution in [2.24, 2.45) is 5.10 Å². The Morgan fingerprint density at radius 2 is 1.73 bits per heavy atom. The summed E-state index contributed by atoms with van der Waals surface area (Å²) in [7, 11) is 1.65. The van der Waals surface area contributed by atoms with Gasteiger partial charge in [-0.25, -0.2) is 9.40 Å². The van der Waals surface area contributed by atoms with E-state index in [4.69, 9.17) is 9.84 Å². The number of methoxy groups -OCH3 is 1. The number of rotatable bonds is 6. The molecule has 3 aromatic carbocycles. The lowest BCUT2D eigenvalue weighted by atomic mass is 9.94. The van der Waals surface area contributed by atoms with Crippen LogP contribution in [-0.4, -0.2) is 61.4 Å². The maximum Gasteiger partial charge on any atom is 0.257 e. The highest BCUT2D eigenvalue weighted by Crippen LogP contribution is 2.35. The topological polar surface area (TPSA) is 48.4 Å².